The lowest BCUT2D eigenvalue weighted by Crippen LogP contribution is -2.37. The van der Waals surface area contributed by atoms with Crippen LogP contribution >= 0.6 is 0 Å². The maximum absolute atomic E-state index is 12.3. The minimum absolute atomic E-state index is 0.131. The molecule has 3 rings (SSSR count). The van der Waals surface area contributed by atoms with E-state index in [1.807, 2.05) is 0 Å². The Labute approximate surface area is 138 Å². The molecule has 2 aromatic rings. The molecular weight excluding hydrogens is 314 g/mol. The third-order valence-corrected chi connectivity index (χ3v) is 3.62. The highest BCUT2D eigenvalue weighted by Gasteiger charge is 2.24. The predicted molar refractivity (Wildman–Crippen MR) is 86.4 cm³/mol. The van der Waals surface area contributed by atoms with Crippen LogP contribution in [0.1, 0.15) is 24.2 Å². The first-order valence-corrected chi connectivity index (χ1v) is 7.53. The SMILES string of the molecule is CCOC(=O)c1cc2cc3c(cc2nc1N(CC)C(N)=O)OCO3. The average molecular weight is 331 g/mol. The number of hydrogen-bond donors (Lipinski definition) is 1. The molecule has 0 bridgehead atoms. The monoisotopic (exact) mass is 331 g/mol. The van der Waals surface area contributed by atoms with E-state index >= 15 is 0 Å². The third kappa shape index (κ3) is 2.66. The van der Waals surface area contributed by atoms with Crippen LogP contribution in [-0.2, 0) is 4.74 Å². The summed E-state index contributed by atoms with van der Waals surface area (Å²) in [6.07, 6.45) is 0. The molecule has 0 aliphatic carbocycles. The molecule has 0 radical (unpaired) electrons. The van der Waals surface area contributed by atoms with Gasteiger partial charge in [-0.25, -0.2) is 14.6 Å². The summed E-state index contributed by atoms with van der Waals surface area (Å²) < 4.78 is 15.7. The van der Waals surface area contributed by atoms with Crippen molar-refractivity contribution in [1.29, 1.82) is 0 Å². The van der Waals surface area contributed by atoms with Crippen LogP contribution in [0.4, 0.5) is 10.6 Å². The van der Waals surface area contributed by atoms with Crippen LogP contribution in [-0.4, -0.2) is 36.9 Å². The summed E-state index contributed by atoms with van der Waals surface area (Å²) in [6.45, 7) is 4.05. The number of hydrogen-bond acceptors (Lipinski definition) is 6. The van der Waals surface area contributed by atoms with Gasteiger partial charge in [-0.15, -0.1) is 0 Å². The Balaban J connectivity index is 2.21. The predicted octanol–water partition coefficient (Wildman–Crippen LogP) is 2.05. The van der Waals surface area contributed by atoms with Crippen molar-refractivity contribution < 1.29 is 23.8 Å². The number of carbonyl (C=O) groups excluding carboxylic acids is 2. The fraction of sp³-hybridized carbons (Fsp3) is 0.312. The van der Waals surface area contributed by atoms with E-state index in [2.05, 4.69) is 4.98 Å². The number of carbonyl (C=O) groups is 2. The number of pyridine rings is 1. The molecule has 1 aliphatic heterocycles. The number of ether oxygens (including phenoxy) is 3. The van der Waals surface area contributed by atoms with Gasteiger partial charge in [-0.1, -0.05) is 0 Å². The quantitative estimate of drug-likeness (QED) is 0.860. The fourth-order valence-electron chi connectivity index (χ4n) is 2.53. The van der Waals surface area contributed by atoms with Crippen LogP contribution in [0.2, 0.25) is 0 Å². The van der Waals surface area contributed by atoms with Crippen molar-refractivity contribution in [2.45, 2.75) is 13.8 Å². The Bertz CT molecular complexity index is 821. The standard InChI is InChI=1S/C16H17N3O5/c1-3-19(16(17)21)14-10(15(20)22-4-2)5-9-6-12-13(24-8-23-12)7-11(9)18-14/h5-7H,3-4,8H2,1-2H3,(H2,17,21). The highest BCUT2D eigenvalue weighted by molar-refractivity contribution is 6.04. The van der Waals surface area contributed by atoms with Crippen molar-refractivity contribution in [2.24, 2.45) is 5.73 Å². The topological polar surface area (TPSA) is 104 Å². The Morgan fingerprint density at radius 1 is 1.25 bits per heavy atom. The van der Waals surface area contributed by atoms with E-state index in [4.69, 9.17) is 19.9 Å². The lowest BCUT2D eigenvalue weighted by Gasteiger charge is -2.20. The molecular formula is C16H17N3O5. The number of amides is 2. The summed E-state index contributed by atoms with van der Waals surface area (Å²) in [7, 11) is 0. The van der Waals surface area contributed by atoms with Gasteiger partial charge >= 0.3 is 12.0 Å². The Kier molecular flexibility index (Phi) is 4.11. The van der Waals surface area contributed by atoms with Gasteiger partial charge in [0.2, 0.25) is 6.79 Å². The van der Waals surface area contributed by atoms with Crippen molar-refractivity contribution in [1.82, 2.24) is 4.98 Å². The molecule has 24 heavy (non-hydrogen) atoms. The number of anilines is 1. The van der Waals surface area contributed by atoms with E-state index in [1.165, 1.54) is 4.90 Å². The van der Waals surface area contributed by atoms with Crippen molar-refractivity contribution in [2.75, 3.05) is 24.8 Å². The minimum atomic E-state index is -0.698. The third-order valence-electron chi connectivity index (χ3n) is 3.62. The van der Waals surface area contributed by atoms with Gasteiger partial charge in [-0.2, -0.15) is 0 Å². The Morgan fingerprint density at radius 2 is 1.96 bits per heavy atom. The molecule has 1 aromatic carbocycles. The number of nitrogens with zero attached hydrogens (tertiary/aromatic N) is 2. The van der Waals surface area contributed by atoms with Gasteiger partial charge in [-0.05, 0) is 26.0 Å². The maximum Gasteiger partial charge on any atom is 0.341 e. The normalized spacial score (nSPS) is 12.2. The van der Waals surface area contributed by atoms with E-state index in [0.717, 1.165) is 0 Å². The molecule has 8 nitrogen and oxygen atoms in total. The highest BCUT2D eigenvalue weighted by atomic mass is 16.7. The summed E-state index contributed by atoms with van der Waals surface area (Å²) in [6, 6.07) is 4.35. The van der Waals surface area contributed by atoms with E-state index in [9.17, 15) is 9.59 Å². The molecule has 0 unspecified atom stereocenters. The summed E-state index contributed by atoms with van der Waals surface area (Å²) in [4.78, 5) is 29.6. The second-order valence-corrected chi connectivity index (χ2v) is 5.06. The largest absolute Gasteiger partial charge is 0.462 e. The summed E-state index contributed by atoms with van der Waals surface area (Å²) >= 11 is 0. The lowest BCUT2D eigenvalue weighted by molar-refractivity contribution is 0.0527. The van der Waals surface area contributed by atoms with Crippen molar-refractivity contribution in [3.63, 3.8) is 0 Å². The highest BCUT2D eigenvalue weighted by Crippen LogP contribution is 2.37. The molecule has 0 saturated carbocycles. The molecule has 8 heteroatoms. The van der Waals surface area contributed by atoms with Gasteiger partial charge in [0.15, 0.2) is 17.3 Å². The number of benzene rings is 1. The van der Waals surface area contributed by atoms with Crippen molar-refractivity contribution in [3.8, 4) is 11.5 Å². The zero-order valence-corrected chi connectivity index (χ0v) is 13.4. The molecule has 126 valence electrons. The second kappa shape index (κ2) is 6.23. The number of aromatic nitrogens is 1. The molecule has 2 amide bonds. The van der Waals surface area contributed by atoms with Gasteiger partial charge in [0.25, 0.3) is 0 Å². The van der Waals surface area contributed by atoms with Crippen LogP contribution in [0.5, 0.6) is 11.5 Å². The lowest BCUT2D eigenvalue weighted by atomic mass is 10.1. The first-order chi connectivity index (χ1) is 11.5. The molecule has 0 spiro atoms. The van der Waals surface area contributed by atoms with Crippen LogP contribution in [0.3, 0.4) is 0 Å². The molecule has 0 fully saturated rings. The van der Waals surface area contributed by atoms with Crippen LogP contribution < -0.4 is 20.1 Å². The Morgan fingerprint density at radius 3 is 2.58 bits per heavy atom. The maximum atomic E-state index is 12.3. The number of rotatable bonds is 4. The molecule has 2 heterocycles. The first kappa shape index (κ1) is 15.9. The van der Waals surface area contributed by atoms with Crippen LogP contribution in [0, 0.1) is 0 Å². The van der Waals surface area contributed by atoms with Crippen LogP contribution in [0.25, 0.3) is 10.9 Å². The second-order valence-electron chi connectivity index (χ2n) is 5.06. The number of nitrogens with two attached hydrogens (primary N) is 1. The van der Waals surface area contributed by atoms with Crippen molar-refractivity contribution in [3.05, 3.63) is 23.8 Å². The number of esters is 1. The van der Waals surface area contributed by atoms with Gasteiger partial charge in [0, 0.05) is 18.0 Å². The molecule has 1 aromatic heterocycles. The summed E-state index contributed by atoms with van der Waals surface area (Å²) in [5.74, 6) is 0.732. The molecule has 0 saturated heterocycles. The van der Waals surface area contributed by atoms with Crippen LogP contribution in [0.15, 0.2) is 18.2 Å². The fourth-order valence-corrected chi connectivity index (χ4v) is 2.53. The molecule has 2 N–H and O–H groups in total. The zero-order valence-electron chi connectivity index (χ0n) is 13.4. The number of fused-ring (bicyclic) bond motifs is 2. The van der Waals surface area contributed by atoms with Crippen molar-refractivity contribution >= 4 is 28.7 Å². The van der Waals surface area contributed by atoms with Gasteiger partial charge < -0.3 is 19.9 Å². The van der Waals surface area contributed by atoms with E-state index in [1.54, 1.807) is 32.0 Å². The minimum Gasteiger partial charge on any atom is -0.462 e. The van der Waals surface area contributed by atoms with Gasteiger partial charge in [0.1, 0.15) is 5.56 Å². The summed E-state index contributed by atoms with van der Waals surface area (Å²) in [5, 5.41) is 0.673. The zero-order chi connectivity index (χ0) is 17.3. The van der Waals surface area contributed by atoms with Gasteiger partial charge in [0.05, 0.1) is 12.1 Å². The number of primary amides is 1. The van der Waals surface area contributed by atoms with Gasteiger partial charge in [-0.3, -0.25) is 4.90 Å². The summed E-state index contributed by atoms with van der Waals surface area (Å²) in [5.41, 5.74) is 6.13. The Hall–Kier alpha value is -3.03. The first-order valence-electron chi connectivity index (χ1n) is 7.53. The van der Waals surface area contributed by atoms with E-state index in [-0.39, 0.29) is 31.3 Å². The molecule has 0 atom stereocenters. The average Bonchev–Trinajstić information content (AvgIpc) is 2.99. The molecule has 1 aliphatic rings. The van der Waals surface area contributed by atoms with E-state index in [0.29, 0.717) is 22.4 Å². The number of urea groups is 1. The smallest absolute Gasteiger partial charge is 0.341 e. The van der Waals surface area contributed by atoms with E-state index < -0.39 is 12.0 Å².